The highest BCUT2D eigenvalue weighted by atomic mass is 16.3. The second-order valence-corrected chi connectivity index (χ2v) is 4.51. The lowest BCUT2D eigenvalue weighted by Crippen LogP contribution is -2.04. The molecule has 0 fully saturated rings. The molecule has 2 aromatic heterocycles. The van der Waals surface area contributed by atoms with E-state index in [0.29, 0.717) is 12.4 Å². The van der Waals surface area contributed by atoms with Gasteiger partial charge in [-0.15, -0.1) is 0 Å². The van der Waals surface area contributed by atoms with Crippen molar-refractivity contribution in [3.63, 3.8) is 0 Å². The zero-order chi connectivity index (χ0) is 14.5. The van der Waals surface area contributed by atoms with Crippen LogP contribution < -0.4 is 10.6 Å². The summed E-state index contributed by atoms with van der Waals surface area (Å²) in [5, 5.41) is 6.30. The van der Waals surface area contributed by atoms with Crippen molar-refractivity contribution in [2.24, 2.45) is 0 Å². The van der Waals surface area contributed by atoms with E-state index >= 15 is 0 Å². The molecule has 3 rings (SSSR count). The molecule has 21 heavy (non-hydrogen) atoms. The van der Waals surface area contributed by atoms with Gasteiger partial charge in [0.15, 0.2) is 5.82 Å². The summed E-state index contributed by atoms with van der Waals surface area (Å²) in [5.41, 5.74) is 0.982. The fourth-order valence-corrected chi connectivity index (χ4v) is 1.97. The van der Waals surface area contributed by atoms with Gasteiger partial charge < -0.3 is 15.1 Å². The maximum atomic E-state index is 5.31. The normalized spacial score (nSPS) is 10.3. The molecular weight excluding hydrogens is 264 g/mol. The molecule has 0 amide bonds. The molecule has 0 saturated carbocycles. The van der Waals surface area contributed by atoms with E-state index in [1.807, 2.05) is 55.6 Å². The largest absolute Gasteiger partial charge is 0.467 e. The molecule has 0 aliphatic carbocycles. The van der Waals surface area contributed by atoms with Gasteiger partial charge >= 0.3 is 0 Å². The molecule has 0 bridgehead atoms. The van der Waals surface area contributed by atoms with Crippen molar-refractivity contribution in [3.8, 4) is 11.4 Å². The first kappa shape index (κ1) is 13.2. The van der Waals surface area contributed by atoms with E-state index in [1.165, 1.54) is 0 Å². The molecular formula is C16H16N4O. The zero-order valence-corrected chi connectivity index (χ0v) is 11.7. The third-order valence-electron chi connectivity index (χ3n) is 3.04. The predicted octanol–water partition coefficient (Wildman–Crippen LogP) is 3.39. The SMILES string of the molecule is CNc1cc(NCc2ccco2)nc(-c2ccccc2)n1. The van der Waals surface area contributed by atoms with Gasteiger partial charge in [-0.3, -0.25) is 0 Å². The van der Waals surface area contributed by atoms with E-state index in [4.69, 9.17) is 4.42 Å². The lowest BCUT2D eigenvalue weighted by molar-refractivity contribution is 0.518. The fourth-order valence-electron chi connectivity index (χ4n) is 1.97. The molecule has 2 N–H and O–H groups in total. The molecule has 1 aromatic carbocycles. The molecule has 0 aliphatic heterocycles. The lowest BCUT2D eigenvalue weighted by Gasteiger charge is -2.09. The quantitative estimate of drug-likeness (QED) is 0.750. The first-order valence-electron chi connectivity index (χ1n) is 6.73. The zero-order valence-electron chi connectivity index (χ0n) is 11.7. The summed E-state index contributed by atoms with van der Waals surface area (Å²) in [4.78, 5) is 9.03. The number of anilines is 2. The van der Waals surface area contributed by atoms with Crippen molar-refractivity contribution in [3.05, 3.63) is 60.6 Å². The molecule has 106 valence electrons. The summed E-state index contributed by atoms with van der Waals surface area (Å²) < 4.78 is 5.31. The number of nitrogens with zero attached hydrogens (tertiary/aromatic N) is 2. The third kappa shape index (κ3) is 3.20. The smallest absolute Gasteiger partial charge is 0.163 e. The number of rotatable bonds is 5. The van der Waals surface area contributed by atoms with E-state index in [0.717, 1.165) is 23.0 Å². The summed E-state index contributed by atoms with van der Waals surface area (Å²) in [6.45, 7) is 0.585. The lowest BCUT2D eigenvalue weighted by atomic mass is 10.2. The Balaban J connectivity index is 1.86. The van der Waals surface area contributed by atoms with Crippen molar-refractivity contribution in [1.29, 1.82) is 0 Å². The highest BCUT2D eigenvalue weighted by Crippen LogP contribution is 2.20. The Labute approximate surface area is 123 Å². The van der Waals surface area contributed by atoms with E-state index in [-0.39, 0.29) is 0 Å². The second kappa shape index (κ2) is 6.09. The Morgan fingerprint density at radius 1 is 1.00 bits per heavy atom. The van der Waals surface area contributed by atoms with Gasteiger partial charge in [0.05, 0.1) is 12.8 Å². The van der Waals surface area contributed by atoms with Crippen LogP contribution in [0.25, 0.3) is 11.4 Å². The van der Waals surface area contributed by atoms with Gasteiger partial charge in [-0.05, 0) is 12.1 Å². The van der Waals surface area contributed by atoms with Crippen LogP contribution in [0, 0.1) is 0 Å². The van der Waals surface area contributed by atoms with Crippen molar-refractivity contribution in [2.45, 2.75) is 6.54 Å². The molecule has 0 unspecified atom stereocenters. The third-order valence-corrected chi connectivity index (χ3v) is 3.04. The van der Waals surface area contributed by atoms with Crippen LogP contribution in [0.5, 0.6) is 0 Å². The molecule has 0 aliphatic rings. The van der Waals surface area contributed by atoms with Gasteiger partial charge in [0.25, 0.3) is 0 Å². The minimum absolute atomic E-state index is 0.585. The van der Waals surface area contributed by atoms with Gasteiger partial charge in [-0.1, -0.05) is 30.3 Å². The summed E-state index contributed by atoms with van der Waals surface area (Å²) in [5.74, 6) is 3.07. The van der Waals surface area contributed by atoms with Gasteiger partial charge in [0.2, 0.25) is 0 Å². The van der Waals surface area contributed by atoms with Crippen LogP contribution in [0.15, 0.2) is 59.2 Å². The summed E-state index contributed by atoms with van der Waals surface area (Å²) >= 11 is 0. The van der Waals surface area contributed by atoms with E-state index in [1.54, 1.807) is 6.26 Å². The minimum atomic E-state index is 0.585. The first-order valence-corrected chi connectivity index (χ1v) is 6.73. The van der Waals surface area contributed by atoms with E-state index in [9.17, 15) is 0 Å². The molecule has 5 nitrogen and oxygen atoms in total. The molecule has 0 atom stereocenters. The first-order chi connectivity index (χ1) is 10.3. The van der Waals surface area contributed by atoms with Crippen LogP contribution >= 0.6 is 0 Å². The van der Waals surface area contributed by atoms with Crippen molar-refractivity contribution < 1.29 is 4.42 Å². The molecule has 2 heterocycles. The van der Waals surface area contributed by atoms with Crippen LogP contribution in [0.3, 0.4) is 0 Å². The van der Waals surface area contributed by atoms with Gasteiger partial charge in [0, 0.05) is 18.7 Å². The van der Waals surface area contributed by atoms with Crippen LogP contribution in [0.2, 0.25) is 0 Å². The fraction of sp³-hybridized carbons (Fsp3) is 0.125. The van der Waals surface area contributed by atoms with Crippen molar-refractivity contribution >= 4 is 11.6 Å². The van der Waals surface area contributed by atoms with Gasteiger partial charge in [-0.2, -0.15) is 0 Å². The predicted molar refractivity (Wildman–Crippen MR) is 83.0 cm³/mol. The topological polar surface area (TPSA) is 63.0 Å². The number of aromatic nitrogens is 2. The van der Waals surface area contributed by atoms with Crippen LogP contribution in [-0.4, -0.2) is 17.0 Å². The second-order valence-electron chi connectivity index (χ2n) is 4.51. The number of hydrogen-bond acceptors (Lipinski definition) is 5. The Morgan fingerprint density at radius 3 is 2.52 bits per heavy atom. The maximum absolute atomic E-state index is 5.31. The Morgan fingerprint density at radius 2 is 1.81 bits per heavy atom. The molecule has 0 spiro atoms. The number of hydrogen-bond donors (Lipinski definition) is 2. The molecule has 3 aromatic rings. The monoisotopic (exact) mass is 280 g/mol. The highest BCUT2D eigenvalue weighted by Gasteiger charge is 2.06. The van der Waals surface area contributed by atoms with Crippen LogP contribution in [0.4, 0.5) is 11.6 Å². The van der Waals surface area contributed by atoms with Crippen molar-refractivity contribution in [2.75, 3.05) is 17.7 Å². The van der Waals surface area contributed by atoms with Crippen LogP contribution in [-0.2, 0) is 6.54 Å². The molecule has 0 saturated heterocycles. The standard InChI is InChI=1S/C16H16N4O/c1-17-14-10-15(18-11-13-8-5-9-21-13)20-16(19-14)12-6-3-2-4-7-12/h2-10H,11H2,1H3,(H2,17,18,19,20). The number of furan rings is 1. The van der Waals surface area contributed by atoms with Crippen LogP contribution in [0.1, 0.15) is 5.76 Å². The van der Waals surface area contributed by atoms with Gasteiger partial charge in [-0.25, -0.2) is 9.97 Å². The molecule has 5 heteroatoms. The van der Waals surface area contributed by atoms with E-state index < -0.39 is 0 Å². The average Bonchev–Trinajstić information content (AvgIpc) is 3.07. The summed E-state index contributed by atoms with van der Waals surface area (Å²) in [6.07, 6.45) is 1.66. The Hall–Kier alpha value is -2.82. The highest BCUT2D eigenvalue weighted by molar-refractivity contribution is 5.61. The minimum Gasteiger partial charge on any atom is -0.467 e. The van der Waals surface area contributed by atoms with Crippen molar-refractivity contribution in [1.82, 2.24) is 9.97 Å². The summed E-state index contributed by atoms with van der Waals surface area (Å²) in [7, 11) is 1.84. The molecule has 0 radical (unpaired) electrons. The average molecular weight is 280 g/mol. The maximum Gasteiger partial charge on any atom is 0.163 e. The number of benzene rings is 1. The summed E-state index contributed by atoms with van der Waals surface area (Å²) in [6, 6.07) is 15.6. The van der Waals surface area contributed by atoms with Gasteiger partial charge in [0.1, 0.15) is 17.4 Å². The Kier molecular flexibility index (Phi) is 3.82. The Bertz CT molecular complexity index is 696. The number of nitrogens with one attached hydrogen (secondary N) is 2. The van der Waals surface area contributed by atoms with E-state index in [2.05, 4.69) is 20.6 Å².